The lowest BCUT2D eigenvalue weighted by Crippen LogP contribution is -2.23. The molecule has 0 amide bonds. The van der Waals surface area contributed by atoms with Crippen molar-refractivity contribution in [2.24, 2.45) is 0 Å². The lowest BCUT2D eigenvalue weighted by molar-refractivity contribution is -0.118. The summed E-state index contributed by atoms with van der Waals surface area (Å²) in [7, 11) is -3.72. The molecule has 204 valence electrons. The normalized spacial score (nSPS) is 12.2. The van der Waals surface area contributed by atoms with Gasteiger partial charge in [-0.05, 0) is 78.5 Å². The van der Waals surface area contributed by atoms with Crippen molar-refractivity contribution in [2.75, 3.05) is 0 Å². The molecule has 0 N–H and O–H groups in total. The van der Waals surface area contributed by atoms with E-state index in [1.165, 1.54) is 56.4 Å². The highest BCUT2D eigenvalue weighted by atomic mass is 35.5. The highest BCUT2D eigenvalue weighted by Crippen LogP contribution is 2.26. The summed E-state index contributed by atoms with van der Waals surface area (Å²) < 4.78 is 37.7. The molecule has 7 heteroatoms. The standard InChI is InChI=1S/C31H37ClO5S/c1-2-3-4-5-6-7-8-12-15-30(31(32)33)37-27-18-22-29(23-19-27)38(34,35)28-20-16-26(17-21-28)36-24-25-13-10-9-11-14-25/h9-11,13-14,16-23,30H,2-8,12,15,24H2,1H3. The molecule has 3 rings (SSSR count). The third kappa shape index (κ3) is 9.48. The van der Waals surface area contributed by atoms with Crippen molar-refractivity contribution in [3.05, 3.63) is 84.4 Å². The molecule has 1 atom stereocenters. The van der Waals surface area contributed by atoms with Crippen molar-refractivity contribution in [1.29, 1.82) is 0 Å². The van der Waals surface area contributed by atoms with Crippen LogP contribution in [0.15, 0.2) is 88.7 Å². The second-order valence-corrected chi connectivity index (χ2v) is 11.7. The van der Waals surface area contributed by atoms with Crippen LogP contribution in [-0.4, -0.2) is 19.8 Å². The van der Waals surface area contributed by atoms with Crippen LogP contribution in [0.25, 0.3) is 0 Å². The van der Waals surface area contributed by atoms with Crippen LogP contribution in [0.5, 0.6) is 11.5 Å². The van der Waals surface area contributed by atoms with Gasteiger partial charge in [0.05, 0.1) is 9.79 Å². The summed E-state index contributed by atoms with van der Waals surface area (Å²) >= 11 is 5.77. The summed E-state index contributed by atoms with van der Waals surface area (Å²) in [4.78, 5) is 12.2. The van der Waals surface area contributed by atoms with Crippen LogP contribution in [0.4, 0.5) is 0 Å². The highest BCUT2D eigenvalue weighted by molar-refractivity contribution is 7.91. The van der Waals surface area contributed by atoms with Crippen LogP contribution >= 0.6 is 11.6 Å². The third-order valence-corrected chi connectivity index (χ3v) is 8.40. The summed E-state index contributed by atoms with van der Waals surface area (Å²) in [5.74, 6) is 0.997. The monoisotopic (exact) mass is 556 g/mol. The molecule has 0 aliphatic carbocycles. The van der Waals surface area contributed by atoms with E-state index in [1.807, 2.05) is 30.3 Å². The van der Waals surface area contributed by atoms with Crippen LogP contribution in [0.2, 0.25) is 0 Å². The number of halogens is 1. The minimum Gasteiger partial charge on any atom is -0.489 e. The van der Waals surface area contributed by atoms with Crippen molar-refractivity contribution in [2.45, 2.75) is 87.2 Å². The first kappa shape index (κ1) is 29.7. The Morgan fingerprint density at radius 2 is 1.26 bits per heavy atom. The van der Waals surface area contributed by atoms with Crippen LogP contribution in [0.1, 0.15) is 70.3 Å². The average Bonchev–Trinajstić information content (AvgIpc) is 2.93. The lowest BCUT2D eigenvalue weighted by Gasteiger charge is -2.16. The zero-order valence-corrected chi connectivity index (χ0v) is 23.6. The quantitative estimate of drug-likeness (QED) is 0.124. The molecule has 0 saturated heterocycles. The molecule has 0 saturated carbocycles. The fourth-order valence-corrected chi connectivity index (χ4v) is 5.55. The molecular formula is C31H37ClO5S. The second kappa shape index (κ2) is 15.6. The maximum Gasteiger partial charge on any atom is 0.262 e. The summed E-state index contributed by atoms with van der Waals surface area (Å²) in [6.07, 6.45) is 9.08. The maximum atomic E-state index is 13.1. The van der Waals surface area contributed by atoms with Gasteiger partial charge in [0.1, 0.15) is 18.1 Å². The molecule has 0 aromatic heterocycles. The van der Waals surface area contributed by atoms with Gasteiger partial charge in [-0.15, -0.1) is 0 Å². The minimum atomic E-state index is -3.72. The number of carbonyl (C=O) groups excluding carboxylic acids is 1. The molecular weight excluding hydrogens is 520 g/mol. The van der Waals surface area contributed by atoms with Crippen molar-refractivity contribution in [3.8, 4) is 11.5 Å². The van der Waals surface area contributed by atoms with Crippen molar-refractivity contribution in [3.63, 3.8) is 0 Å². The van der Waals surface area contributed by atoms with E-state index in [9.17, 15) is 13.2 Å². The van der Waals surface area contributed by atoms with Crippen molar-refractivity contribution in [1.82, 2.24) is 0 Å². The fraction of sp³-hybridized carbons (Fsp3) is 0.387. The van der Waals surface area contributed by atoms with E-state index in [0.717, 1.165) is 24.8 Å². The number of unbranched alkanes of at least 4 members (excludes halogenated alkanes) is 7. The van der Waals surface area contributed by atoms with Gasteiger partial charge in [0.2, 0.25) is 9.84 Å². The Bertz CT molecular complexity index is 1210. The van der Waals surface area contributed by atoms with Crippen molar-refractivity contribution >= 4 is 26.7 Å². The second-order valence-electron chi connectivity index (χ2n) is 9.39. The first-order chi connectivity index (χ1) is 18.4. The van der Waals surface area contributed by atoms with E-state index >= 15 is 0 Å². The molecule has 0 fully saturated rings. The largest absolute Gasteiger partial charge is 0.489 e. The topological polar surface area (TPSA) is 69.7 Å². The van der Waals surface area contributed by atoms with Crippen LogP contribution in [-0.2, 0) is 21.2 Å². The van der Waals surface area contributed by atoms with E-state index in [0.29, 0.717) is 24.5 Å². The molecule has 0 radical (unpaired) electrons. The highest BCUT2D eigenvalue weighted by Gasteiger charge is 2.20. The Balaban J connectivity index is 1.52. The Morgan fingerprint density at radius 1 is 0.737 bits per heavy atom. The summed E-state index contributed by atoms with van der Waals surface area (Å²) in [5, 5.41) is -0.542. The Labute approximate surface area is 232 Å². The summed E-state index contributed by atoms with van der Waals surface area (Å²) in [6.45, 7) is 2.61. The number of rotatable bonds is 17. The molecule has 0 spiro atoms. The van der Waals surface area contributed by atoms with E-state index in [-0.39, 0.29) is 9.79 Å². The van der Waals surface area contributed by atoms with Gasteiger partial charge in [0.25, 0.3) is 5.24 Å². The SMILES string of the molecule is CCCCCCCCCCC(Oc1ccc(S(=O)(=O)c2ccc(OCc3ccccc3)cc2)cc1)C(=O)Cl. The number of hydrogen-bond acceptors (Lipinski definition) is 5. The minimum absolute atomic E-state index is 0.139. The molecule has 0 heterocycles. The van der Waals surface area contributed by atoms with Gasteiger partial charge in [-0.25, -0.2) is 8.42 Å². The Morgan fingerprint density at radius 3 is 1.82 bits per heavy atom. The lowest BCUT2D eigenvalue weighted by atomic mass is 10.1. The zero-order chi connectivity index (χ0) is 27.2. The maximum absolute atomic E-state index is 13.1. The molecule has 3 aromatic rings. The van der Waals surface area contributed by atoms with Gasteiger partial charge in [-0.3, -0.25) is 4.79 Å². The fourth-order valence-electron chi connectivity index (χ4n) is 4.14. The Kier molecular flexibility index (Phi) is 12.2. The number of carbonyl (C=O) groups is 1. The number of benzene rings is 3. The third-order valence-electron chi connectivity index (χ3n) is 6.37. The van der Waals surface area contributed by atoms with Crippen molar-refractivity contribution < 1.29 is 22.7 Å². The summed E-state index contributed by atoms with van der Waals surface area (Å²) in [6, 6.07) is 22.2. The van der Waals surface area contributed by atoms with E-state index in [4.69, 9.17) is 21.1 Å². The molecule has 0 aliphatic rings. The Hall–Kier alpha value is -2.83. The average molecular weight is 557 g/mol. The molecule has 0 aliphatic heterocycles. The number of ether oxygens (including phenoxy) is 2. The van der Waals surface area contributed by atoms with Crippen LogP contribution in [0, 0.1) is 0 Å². The van der Waals surface area contributed by atoms with Crippen LogP contribution < -0.4 is 9.47 Å². The molecule has 5 nitrogen and oxygen atoms in total. The zero-order valence-electron chi connectivity index (χ0n) is 22.0. The predicted octanol–water partition coefficient (Wildman–Crippen LogP) is 8.14. The van der Waals surface area contributed by atoms with E-state index in [2.05, 4.69) is 6.92 Å². The van der Waals surface area contributed by atoms with Gasteiger partial charge in [-0.1, -0.05) is 82.2 Å². The smallest absolute Gasteiger partial charge is 0.262 e. The van der Waals surface area contributed by atoms with Gasteiger partial charge in [-0.2, -0.15) is 0 Å². The van der Waals surface area contributed by atoms with Gasteiger partial charge < -0.3 is 9.47 Å². The van der Waals surface area contributed by atoms with Gasteiger partial charge in [0, 0.05) is 0 Å². The molecule has 0 bridgehead atoms. The first-order valence-corrected chi connectivity index (χ1v) is 15.2. The molecule has 3 aromatic carbocycles. The van der Waals surface area contributed by atoms with Gasteiger partial charge in [0.15, 0.2) is 6.10 Å². The first-order valence-electron chi connectivity index (χ1n) is 13.4. The summed E-state index contributed by atoms with van der Waals surface area (Å²) in [5.41, 5.74) is 1.03. The van der Waals surface area contributed by atoms with E-state index < -0.39 is 21.2 Å². The number of sulfone groups is 1. The predicted molar refractivity (Wildman–Crippen MR) is 152 cm³/mol. The molecule has 38 heavy (non-hydrogen) atoms. The van der Waals surface area contributed by atoms with Gasteiger partial charge >= 0.3 is 0 Å². The van der Waals surface area contributed by atoms with Crippen LogP contribution in [0.3, 0.4) is 0 Å². The number of hydrogen-bond donors (Lipinski definition) is 0. The van der Waals surface area contributed by atoms with E-state index in [1.54, 1.807) is 24.3 Å². The molecule has 1 unspecified atom stereocenters.